The quantitative estimate of drug-likeness (QED) is 0.719. The highest BCUT2D eigenvalue weighted by molar-refractivity contribution is 5.62. The summed E-state index contributed by atoms with van der Waals surface area (Å²) in [5.41, 5.74) is 7.23. The van der Waals surface area contributed by atoms with Crippen molar-refractivity contribution in [2.45, 2.75) is 51.3 Å². The van der Waals surface area contributed by atoms with Crippen molar-refractivity contribution in [1.29, 1.82) is 0 Å². The van der Waals surface area contributed by atoms with Crippen LogP contribution in [-0.4, -0.2) is 42.5 Å². The molecule has 0 fully saturated rings. The Morgan fingerprint density at radius 1 is 1.34 bits per heavy atom. The highest BCUT2D eigenvalue weighted by Gasteiger charge is 2.42. The van der Waals surface area contributed by atoms with E-state index in [1.54, 1.807) is 12.4 Å². The average molecular weight is 399 g/mol. The van der Waals surface area contributed by atoms with E-state index in [0.29, 0.717) is 25.3 Å². The molecule has 8 heteroatoms. The molecule has 0 spiro atoms. The number of benzene rings is 1. The lowest BCUT2D eigenvalue weighted by molar-refractivity contribution is 0.0767. The third kappa shape index (κ3) is 3.16. The Balaban J connectivity index is 1.39. The number of halogens is 1. The van der Waals surface area contributed by atoms with Crippen LogP contribution in [-0.2, 0) is 17.7 Å². The minimum atomic E-state index is -0.618. The molecule has 154 valence electrons. The predicted octanol–water partition coefficient (Wildman–Crippen LogP) is 1.92. The number of fused-ring (bicyclic) bond motifs is 2. The average Bonchev–Trinajstić information content (AvgIpc) is 3.38. The van der Waals surface area contributed by atoms with Gasteiger partial charge in [-0.25, -0.2) is 4.39 Å². The second kappa shape index (κ2) is 7.03. The van der Waals surface area contributed by atoms with Gasteiger partial charge < -0.3 is 14.8 Å². The first-order chi connectivity index (χ1) is 14.0. The normalized spacial score (nSPS) is 30.0. The van der Waals surface area contributed by atoms with E-state index < -0.39 is 5.79 Å². The van der Waals surface area contributed by atoms with Crippen molar-refractivity contribution in [3.8, 4) is 5.75 Å². The second-order valence-electron chi connectivity index (χ2n) is 7.97. The van der Waals surface area contributed by atoms with Gasteiger partial charge in [-0.3, -0.25) is 15.6 Å². The standard InChI is InChI=1S/C21H26FN5O2/c1-13-9-14(5-7-28-13)16-10-23-21(2,27-12-25-26-20(16)27)24-11-17-15-6-8-29-19(15)4-3-18(17)22/h3-4,9-10,12-13,20,23-24,26H,5-8,11H2,1-2H3. The summed E-state index contributed by atoms with van der Waals surface area (Å²) in [5, 5.41) is 11.3. The molecule has 0 saturated carbocycles. The van der Waals surface area contributed by atoms with E-state index in [9.17, 15) is 4.39 Å². The zero-order valence-electron chi connectivity index (χ0n) is 16.7. The molecule has 4 aliphatic rings. The summed E-state index contributed by atoms with van der Waals surface area (Å²) >= 11 is 0. The molecule has 29 heavy (non-hydrogen) atoms. The summed E-state index contributed by atoms with van der Waals surface area (Å²) in [6.45, 7) is 5.79. The summed E-state index contributed by atoms with van der Waals surface area (Å²) < 4.78 is 25.8. The van der Waals surface area contributed by atoms with Crippen molar-refractivity contribution in [1.82, 2.24) is 21.0 Å². The van der Waals surface area contributed by atoms with Gasteiger partial charge in [0, 0.05) is 35.9 Å². The van der Waals surface area contributed by atoms with Crippen molar-refractivity contribution < 1.29 is 13.9 Å². The molecule has 0 aromatic heterocycles. The van der Waals surface area contributed by atoms with Crippen LogP contribution in [0, 0.1) is 5.82 Å². The number of nitrogens with one attached hydrogen (secondary N) is 3. The van der Waals surface area contributed by atoms with E-state index in [2.05, 4.69) is 39.1 Å². The van der Waals surface area contributed by atoms with E-state index >= 15 is 0 Å². The number of ether oxygens (including phenoxy) is 2. The molecule has 3 unspecified atom stereocenters. The van der Waals surface area contributed by atoms with Crippen molar-refractivity contribution in [2.24, 2.45) is 5.10 Å². The molecule has 1 aromatic carbocycles. The molecular formula is C21H26FN5O2. The number of hydrazone groups is 1. The minimum Gasteiger partial charge on any atom is -0.493 e. The van der Waals surface area contributed by atoms with Crippen LogP contribution in [0.25, 0.3) is 0 Å². The fraction of sp³-hybridized carbons (Fsp3) is 0.476. The maximum atomic E-state index is 14.5. The van der Waals surface area contributed by atoms with Gasteiger partial charge in [0.2, 0.25) is 0 Å². The van der Waals surface area contributed by atoms with Crippen molar-refractivity contribution >= 4 is 6.34 Å². The van der Waals surface area contributed by atoms with Crippen molar-refractivity contribution in [3.05, 3.63) is 52.5 Å². The molecule has 3 atom stereocenters. The molecular weight excluding hydrogens is 373 g/mol. The molecule has 0 saturated heterocycles. The third-order valence-corrected chi connectivity index (χ3v) is 6.09. The predicted molar refractivity (Wildman–Crippen MR) is 107 cm³/mol. The fourth-order valence-corrected chi connectivity index (χ4v) is 4.45. The summed E-state index contributed by atoms with van der Waals surface area (Å²) in [5.74, 6) is -0.0360. The van der Waals surface area contributed by atoms with Crippen LogP contribution < -0.4 is 20.8 Å². The smallest absolute Gasteiger partial charge is 0.166 e. The Morgan fingerprint density at radius 3 is 3.10 bits per heavy atom. The Hall–Kier alpha value is -2.58. The summed E-state index contributed by atoms with van der Waals surface area (Å²) in [4.78, 5) is 2.10. The monoisotopic (exact) mass is 399 g/mol. The van der Waals surface area contributed by atoms with E-state index in [0.717, 1.165) is 29.7 Å². The Labute approximate surface area is 169 Å². The van der Waals surface area contributed by atoms with Gasteiger partial charge in [-0.15, -0.1) is 0 Å². The van der Waals surface area contributed by atoms with Gasteiger partial charge in [-0.2, -0.15) is 5.10 Å². The third-order valence-electron chi connectivity index (χ3n) is 6.09. The number of rotatable bonds is 4. The Kier molecular flexibility index (Phi) is 4.48. The molecule has 4 aliphatic heterocycles. The molecule has 4 heterocycles. The first-order valence-electron chi connectivity index (χ1n) is 10.1. The fourth-order valence-electron chi connectivity index (χ4n) is 4.45. The van der Waals surface area contributed by atoms with E-state index in [1.807, 2.05) is 13.1 Å². The van der Waals surface area contributed by atoms with Crippen LogP contribution in [0.15, 0.2) is 40.7 Å². The molecule has 0 amide bonds. The lowest BCUT2D eigenvalue weighted by atomic mass is 9.95. The highest BCUT2D eigenvalue weighted by Crippen LogP contribution is 2.33. The van der Waals surface area contributed by atoms with Gasteiger partial charge in [0.05, 0.1) is 19.3 Å². The highest BCUT2D eigenvalue weighted by atomic mass is 19.1. The lowest BCUT2D eigenvalue weighted by Crippen LogP contribution is -2.69. The molecule has 0 aliphatic carbocycles. The molecule has 7 nitrogen and oxygen atoms in total. The van der Waals surface area contributed by atoms with E-state index in [1.165, 1.54) is 11.6 Å². The second-order valence-corrected chi connectivity index (χ2v) is 7.97. The van der Waals surface area contributed by atoms with Gasteiger partial charge in [-0.05, 0) is 38.0 Å². The molecule has 0 radical (unpaired) electrons. The topological polar surface area (TPSA) is 70.2 Å². The minimum absolute atomic E-state index is 0.0834. The van der Waals surface area contributed by atoms with Crippen molar-refractivity contribution in [2.75, 3.05) is 13.2 Å². The van der Waals surface area contributed by atoms with E-state index in [-0.39, 0.29) is 18.1 Å². The zero-order chi connectivity index (χ0) is 20.0. The molecule has 3 N–H and O–H groups in total. The van der Waals surface area contributed by atoms with Gasteiger partial charge >= 0.3 is 0 Å². The van der Waals surface area contributed by atoms with Crippen molar-refractivity contribution in [3.63, 3.8) is 0 Å². The number of nitrogens with zero attached hydrogens (tertiary/aromatic N) is 2. The first kappa shape index (κ1) is 18.4. The first-order valence-corrected chi connectivity index (χ1v) is 10.1. The lowest BCUT2D eigenvalue weighted by Gasteiger charge is -2.47. The molecule has 5 rings (SSSR count). The Bertz CT molecular complexity index is 915. The van der Waals surface area contributed by atoms with Crippen LogP contribution >= 0.6 is 0 Å². The largest absolute Gasteiger partial charge is 0.493 e. The van der Waals surface area contributed by atoms with Crippen LogP contribution in [0.4, 0.5) is 4.39 Å². The van der Waals surface area contributed by atoms with Crippen LogP contribution in [0.2, 0.25) is 0 Å². The molecule has 1 aromatic rings. The Morgan fingerprint density at radius 2 is 2.24 bits per heavy atom. The number of hydrogen-bond donors (Lipinski definition) is 3. The van der Waals surface area contributed by atoms with Gasteiger partial charge in [-0.1, -0.05) is 6.08 Å². The van der Waals surface area contributed by atoms with Gasteiger partial charge in [0.1, 0.15) is 24.1 Å². The molecule has 0 bridgehead atoms. The van der Waals surface area contributed by atoms with Crippen LogP contribution in [0.5, 0.6) is 5.75 Å². The zero-order valence-corrected chi connectivity index (χ0v) is 16.7. The maximum Gasteiger partial charge on any atom is 0.166 e. The van der Waals surface area contributed by atoms with Gasteiger partial charge in [0.25, 0.3) is 0 Å². The van der Waals surface area contributed by atoms with Gasteiger partial charge in [0.15, 0.2) is 5.79 Å². The van der Waals surface area contributed by atoms with Crippen LogP contribution in [0.1, 0.15) is 31.4 Å². The summed E-state index contributed by atoms with van der Waals surface area (Å²) in [6.07, 6.45) is 7.61. The van der Waals surface area contributed by atoms with Crippen LogP contribution in [0.3, 0.4) is 0 Å². The van der Waals surface area contributed by atoms with E-state index in [4.69, 9.17) is 9.47 Å². The summed E-state index contributed by atoms with van der Waals surface area (Å²) in [7, 11) is 0. The maximum absolute atomic E-state index is 14.5. The SMILES string of the molecule is CC1C=C(C2=CNC(C)(NCc3c(F)ccc4c3CCO4)N3C=NNC23)CCO1. The summed E-state index contributed by atoms with van der Waals surface area (Å²) in [6, 6.07) is 3.20. The number of hydrogen-bond acceptors (Lipinski definition) is 7.